The van der Waals surface area contributed by atoms with E-state index in [2.05, 4.69) is 10.2 Å². The summed E-state index contributed by atoms with van der Waals surface area (Å²) in [5, 5.41) is 7.35. The Morgan fingerprint density at radius 3 is 2.63 bits per heavy atom. The quantitative estimate of drug-likeness (QED) is 0.674. The lowest BCUT2D eigenvalue weighted by Crippen LogP contribution is -2.42. The van der Waals surface area contributed by atoms with Crippen molar-refractivity contribution in [2.75, 3.05) is 7.05 Å². The van der Waals surface area contributed by atoms with Gasteiger partial charge in [0.25, 0.3) is 0 Å². The first kappa shape index (κ1) is 20.3. The zero-order valence-corrected chi connectivity index (χ0v) is 16.5. The number of amides is 1. The van der Waals surface area contributed by atoms with Gasteiger partial charge in [0.2, 0.25) is 5.91 Å². The molecule has 0 radical (unpaired) electrons. The van der Waals surface area contributed by atoms with Gasteiger partial charge in [-0.05, 0) is 25.8 Å². The Morgan fingerprint density at radius 1 is 1.33 bits per heavy atom. The molecule has 1 fully saturated rings. The van der Waals surface area contributed by atoms with Crippen LogP contribution >= 0.6 is 23.4 Å². The first-order chi connectivity index (χ1) is 12.7. The van der Waals surface area contributed by atoms with Crippen LogP contribution in [-0.4, -0.2) is 43.7 Å². The third-order valence-corrected chi connectivity index (χ3v) is 6.18. The van der Waals surface area contributed by atoms with Crippen LogP contribution in [-0.2, 0) is 11.0 Å². The number of hydrogen-bond donors (Lipinski definition) is 0. The molecule has 0 spiro atoms. The minimum atomic E-state index is -4.54. The standard InChI is InChI=1S/C17H20ClF3N4OS/c1-10(15(26)24(2)12-6-4-3-5-7-12)27-16-23-22-14-13(18)8-11(9-25(14)16)17(19,20)21/h8-10,12H,3-7H2,1-2H3. The summed E-state index contributed by atoms with van der Waals surface area (Å²) in [4.78, 5) is 14.5. The Kier molecular flexibility index (Phi) is 5.90. The van der Waals surface area contributed by atoms with E-state index in [-0.39, 0.29) is 27.8 Å². The van der Waals surface area contributed by atoms with Gasteiger partial charge in [-0.3, -0.25) is 9.20 Å². The minimum Gasteiger partial charge on any atom is -0.342 e. The van der Waals surface area contributed by atoms with Crippen LogP contribution in [0.25, 0.3) is 5.65 Å². The molecule has 10 heteroatoms. The van der Waals surface area contributed by atoms with E-state index in [1.165, 1.54) is 10.8 Å². The number of alkyl halides is 3. The van der Waals surface area contributed by atoms with E-state index >= 15 is 0 Å². The van der Waals surface area contributed by atoms with Gasteiger partial charge in [-0.15, -0.1) is 10.2 Å². The van der Waals surface area contributed by atoms with Crippen LogP contribution in [0, 0.1) is 0 Å². The van der Waals surface area contributed by atoms with Gasteiger partial charge in [0.1, 0.15) is 0 Å². The van der Waals surface area contributed by atoms with Crippen molar-refractivity contribution in [2.45, 2.75) is 61.7 Å². The Labute approximate surface area is 164 Å². The molecule has 0 aromatic carbocycles. The van der Waals surface area contributed by atoms with E-state index in [1.807, 2.05) is 0 Å². The third kappa shape index (κ3) is 4.34. The van der Waals surface area contributed by atoms with Crippen molar-refractivity contribution in [1.29, 1.82) is 0 Å². The molecule has 2 heterocycles. The van der Waals surface area contributed by atoms with Gasteiger partial charge in [-0.2, -0.15) is 13.2 Å². The average molecular weight is 421 g/mol. The molecule has 0 saturated heterocycles. The largest absolute Gasteiger partial charge is 0.417 e. The molecule has 1 amide bonds. The molecular formula is C17H20ClF3N4OS. The maximum Gasteiger partial charge on any atom is 0.417 e. The van der Waals surface area contributed by atoms with Gasteiger partial charge in [-0.1, -0.05) is 42.6 Å². The summed E-state index contributed by atoms with van der Waals surface area (Å²) in [5.41, 5.74) is -0.757. The van der Waals surface area contributed by atoms with Gasteiger partial charge in [0.05, 0.1) is 15.8 Å². The number of rotatable bonds is 4. The van der Waals surface area contributed by atoms with Crippen LogP contribution < -0.4 is 0 Å². The van der Waals surface area contributed by atoms with Crippen LogP contribution in [0.15, 0.2) is 17.4 Å². The number of hydrogen-bond acceptors (Lipinski definition) is 4. The molecule has 2 aromatic heterocycles. The Morgan fingerprint density at radius 2 is 2.00 bits per heavy atom. The zero-order chi connectivity index (χ0) is 19.8. The monoisotopic (exact) mass is 420 g/mol. The van der Waals surface area contributed by atoms with Gasteiger partial charge >= 0.3 is 6.18 Å². The molecule has 0 N–H and O–H groups in total. The van der Waals surface area contributed by atoms with Gasteiger partial charge in [0, 0.05) is 19.3 Å². The number of carbonyl (C=O) groups excluding carboxylic acids is 1. The fourth-order valence-corrected chi connectivity index (χ4v) is 4.48. The fraction of sp³-hybridized carbons (Fsp3) is 0.588. The van der Waals surface area contributed by atoms with Crippen molar-refractivity contribution in [3.05, 3.63) is 22.8 Å². The van der Waals surface area contributed by atoms with E-state index in [0.717, 1.165) is 49.7 Å². The molecule has 1 aliphatic carbocycles. The molecule has 1 saturated carbocycles. The number of carbonyl (C=O) groups is 1. The van der Waals surface area contributed by atoms with Crippen LogP contribution in [0.4, 0.5) is 13.2 Å². The third-order valence-electron chi connectivity index (χ3n) is 4.86. The average Bonchev–Trinajstić information content (AvgIpc) is 3.04. The van der Waals surface area contributed by atoms with E-state index in [4.69, 9.17) is 11.6 Å². The molecule has 27 heavy (non-hydrogen) atoms. The number of thioether (sulfide) groups is 1. The van der Waals surface area contributed by atoms with Crippen LogP contribution in [0.2, 0.25) is 5.02 Å². The lowest BCUT2D eigenvalue weighted by molar-refractivity contribution is -0.138. The molecule has 3 rings (SSSR count). The van der Waals surface area contributed by atoms with Gasteiger partial charge < -0.3 is 4.90 Å². The Bertz CT molecular complexity index is 835. The number of pyridine rings is 1. The number of nitrogens with zero attached hydrogens (tertiary/aromatic N) is 4. The predicted molar refractivity (Wildman–Crippen MR) is 98.0 cm³/mol. The Hall–Kier alpha value is -1.48. The van der Waals surface area contributed by atoms with Crippen molar-refractivity contribution in [2.24, 2.45) is 0 Å². The van der Waals surface area contributed by atoms with Crippen molar-refractivity contribution in [3.63, 3.8) is 0 Å². The zero-order valence-electron chi connectivity index (χ0n) is 15.0. The maximum absolute atomic E-state index is 13.1. The number of fused-ring (bicyclic) bond motifs is 1. The summed E-state index contributed by atoms with van der Waals surface area (Å²) in [7, 11) is 1.79. The van der Waals surface area contributed by atoms with Crippen molar-refractivity contribution in [1.82, 2.24) is 19.5 Å². The van der Waals surface area contributed by atoms with Gasteiger partial charge in [-0.25, -0.2) is 0 Å². The highest BCUT2D eigenvalue weighted by Crippen LogP contribution is 2.34. The molecule has 0 bridgehead atoms. The smallest absolute Gasteiger partial charge is 0.342 e. The summed E-state index contributed by atoms with van der Waals surface area (Å²) in [6.07, 6.45) is 1.75. The SMILES string of the molecule is CC(Sc1nnc2c(Cl)cc(C(F)(F)F)cn12)C(=O)N(C)C1CCCCC1. The van der Waals surface area contributed by atoms with Crippen molar-refractivity contribution >= 4 is 34.9 Å². The van der Waals surface area contributed by atoms with E-state index in [9.17, 15) is 18.0 Å². The molecular weight excluding hydrogens is 401 g/mol. The second kappa shape index (κ2) is 7.87. The van der Waals surface area contributed by atoms with Crippen LogP contribution in [0.1, 0.15) is 44.6 Å². The molecule has 1 atom stereocenters. The van der Waals surface area contributed by atoms with Crippen molar-refractivity contribution < 1.29 is 18.0 Å². The van der Waals surface area contributed by atoms with Crippen LogP contribution in [0.3, 0.4) is 0 Å². The maximum atomic E-state index is 13.1. The molecule has 1 aliphatic rings. The van der Waals surface area contributed by atoms with E-state index < -0.39 is 17.0 Å². The van der Waals surface area contributed by atoms with E-state index in [1.54, 1.807) is 18.9 Å². The van der Waals surface area contributed by atoms with Crippen molar-refractivity contribution in [3.8, 4) is 0 Å². The summed E-state index contributed by atoms with van der Waals surface area (Å²) >= 11 is 7.01. The molecule has 148 valence electrons. The first-order valence-corrected chi connectivity index (χ1v) is 9.99. The number of aromatic nitrogens is 3. The lowest BCUT2D eigenvalue weighted by atomic mass is 9.94. The lowest BCUT2D eigenvalue weighted by Gasteiger charge is -2.32. The summed E-state index contributed by atoms with van der Waals surface area (Å²) in [5.74, 6) is -0.0678. The number of halogens is 4. The fourth-order valence-electron chi connectivity index (χ4n) is 3.31. The summed E-state index contributed by atoms with van der Waals surface area (Å²) in [6.45, 7) is 1.72. The highest BCUT2D eigenvalue weighted by molar-refractivity contribution is 8.00. The first-order valence-electron chi connectivity index (χ1n) is 8.73. The van der Waals surface area contributed by atoms with Crippen LogP contribution in [0.5, 0.6) is 0 Å². The summed E-state index contributed by atoms with van der Waals surface area (Å²) < 4.78 is 40.4. The normalized spacial score (nSPS) is 17.3. The second-order valence-electron chi connectivity index (χ2n) is 6.75. The highest BCUT2D eigenvalue weighted by atomic mass is 35.5. The predicted octanol–water partition coefficient (Wildman–Crippen LogP) is 4.67. The molecule has 2 aromatic rings. The molecule has 0 aliphatic heterocycles. The molecule has 5 nitrogen and oxygen atoms in total. The Balaban J connectivity index is 1.81. The summed E-state index contributed by atoms with van der Waals surface area (Å²) in [6, 6.07) is 1.04. The van der Waals surface area contributed by atoms with Gasteiger partial charge in [0.15, 0.2) is 10.8 Å². The second-order valence-corrected chi connectivity index (χ2v) is 8.47. The van der Waals surface area contributed by atoms with E-state index in [0.29, 0.717) is 0 Å². The minimum absolute atomic E-state index is 0.0678. The highest BCUT2D eigenvalue weighted by Gasteiger charge is 2.33. The molecule has 1 unspecified atom stereocenters. The topological polar surface area (TPSA) is 50.5 Å².